The number of esters is 2. The minimum absolute atomic E-state index is 0.195. The molecular formula is C21H23NO6. The van der Waals surface area contributed by atoms with Gasteiger partial charge in [0.15, 0.2) is 6.61 Å². The molecule has 0 saturated carbocycles. The first-order chi connectivity index (χ1) is 13.5. The molecule has 2 rings (SSSR count). The number of rotatable bonds is 9. The summed E-state index contributed by atoms with van der Waals surface area (Å²) >= 11 is 0. The van der Waals surface area contributed by atoms with Crippen LogP contribution in [0.1, 0.15) is 40.5 Å². The zero-order valence-electron chi connectivity index (χ0n) is 15.9. The van der Waals surface area contributed by atoms with Gasteiger partial charge in [0.05, 0.1) is 24.8 Å². The first kappa shape index (κ1) is 21.0. The summed E-state index contributed by atoms with van der Waals surface area (Å²) in [5, 5.41) is 2.66. The Hall–Kier alpha value is -3.35. The van der Waals surface area contributed by atoms with Gasteiger partial charge in [-0.1, -0.05) is 13.3 Å². The van der Waals surface area contributed by atoms with Crippen molar-refractivity contribution in [3.8, 4) is 5.75 Å². The molecule has 0 aliphatic rings. The van der Waals surface area contributed by atoms with Crippen molar-refractivity contribution in [1.29, 1.82) is 0 Å². The Kier molecular flexibility index (Phi) is 8.02. The van der Waals surface area contributed by atoms with E-state index in [4.69, 9.17) is 9.47 Å². The van der Waals surface area contributed by atoms with Crippen LogP contribution in [0.5, 0.6) is 5.75 Å². The Labute approximate surface area is 163 Å². The van der Waals surface area contributed by atoms with Gasteiger partial charge in [-0.05, 0) is 55.0 Å². The van der Waals surface area contributed by atoms with Crippen LogP contribution in [0.15, 0.2) is 48.5 Å². The standard InChI is InChI=1S/C21H23NO6/c1-3-4-13-27-21(25)16-7-11-18(12-8-16)28-14-19(23)22-17-9-5-15(6-10-17)20(24)26-2/h5-12H,3-4,13-14H2,1-2H3,(H,22,23). The fourth-order valence-electron chi connectivity index (χ4n) is 2.23. The molecule has 1 amide bonds. The van der Waals surface area contributed by atoms with Crippen molar-refractivity contribution in [2.24, 2.45) is 0 Å². The van der Waals surface area contributed by atoms with E-state index >= 15 is 0 Å². The molecule has 28 heavy (non-hydrogen) atoms. The SMILES string of the molecule is CCCCOC(=O)c1ccc(OCC(=O)Nc2ccc(C(=O)OC)cc2)cc1. The average Bonchev–Trinajstić information content (AvgIpc) is 2.72. The monoisotopic (exact) mass is 385 g/mol. The second-order valence-electron chi connectivity index (χ2n) is 5.92. The predicted octanol–water partition coefficient (Wildman–Crippen LogP) is 3.45. The summed E-state index contributed by atoms with van der Waals surface area (Å²) in [7, 11) is 1.30. The summed E-state index contributed by atoms with van der Waals surface area (Å²) in [5.74, 6) is -0.720. The zero-order chi connectivity index (χ0) is 20.4. The Bertz CT molecular complexity index is 799. The Morgan fingerprint density at radius 2 is 1.50 bits per heavy atom. The van der Waals surface area contributed by atoms with Gasteiger partial charge in [0, 0.05) is 5.69 Å². The smallest absolute Gasteiger partial charge is 0.338 e. The molecule has 0 spiro atoms. The van der Waals surface area contributed by atoms with E-state index in [-0.39, 0.29) is 18.5 Å². The van der Waals surface area contributed by atoms with Crippen molar-refractivity contribution in [3.05, 3.63) is 59.7 Å². The summed E-state index contributed by atoms with van der Waals surface area (Å²) in [6.45, 7) is 2.22. The molecule has 7 heteroatoms. The second kappa shape index (κ2) is 10.7. The molecule has 0 atom stereocenters. The lowest BCUT2D eigenvalue weighted by Gasteiger charge is -2.09. The van der Waals surface area contributed by atoms with Crippen molar-refractivity contribution in [3.63, 3.8) is 0 Å². The molecule has 1 N–H and O–H groups in total. The minimum atomic E-state index is -0.445. The lowest BCUT2D eigenvalue weighted by atomic mass is 10.2. The number of ether oxygens (including phenoxy) is 3. The van der Waals surface area contributed by atoms with Crippen LogP contribution >= 0.6 is 0 Å². The molecule has 0 bridgehead atoms. The molecule has 2 aromatic carbocycles. The van der Waals surface area contributed by atoms with E-state index < -0.39 is 5.97 Å². The van der Waals surface area contributed by atoms with E-state index in [2.05, 4.69) is 10.1 Å². The van der Waals surface area contributed by atoms with Crippen molar-refractivity contribution in [1.82, 2.24) is 0 Å². The van der Waals surface area contributed by atoms with E-state index in [0.717, 1.165) is 12.8 Å². The first-order valence-corrected chi connectivity index (χ1v) is 8.91. The van der Waals surface area contributed by atoms with Gasteiger partial charge in [0.1, 0.15) is 5.75 Å². The van der Waals surface area contributed by atoms with Gasteiger partial charge in [-0.3, -0.25) is 4.79 Å². The first-order valence-electron chi connectivity index (χ1n) is 8.91. The lowest BCUT2D eigenvalue weighted by molar-refractivity contribution is -0.118. The Balaban J connectivity index is 1.80. The van der Waals surface area contributed by atoms with Gasteiger partial charge in [0.25, 0.3) is 5.91 Å². The highest BCUT2D eigenvalue weighted by atomic mass is 16.5. The van der Waals surface area contributed by atoms with Crippen molar-refractivity contribution in [2.45, 2.75) is 19.8 Å². The second-order valence-corrected chi connectivity index (χ2v) is 5.92. The van der Waals surface area contributed by atoms with E-state index in [9.17, 15) is 14.4 Å². The average molecular weight is 385 g/mol. The molecule has 0 unspecified atom stereocenters. The molecule has 148 valence electrons. The number of unbranched alkanes of at least 4 members (excludes halogenated alkanes) is 1. The normalized spacial score (nSPS) is 10.1. The van der Waals surface area contributed by atoms with E-state index in [0.29, 0.717) is 29.2 Å². The number of benzene rings is 2. The van der Waals surface area contributed by atoms with Crippen LogP contribution in [0.3, 0.4) is 0 Å². The number of anilines is 1. The molecule has 0 aromatic heterocycles. The number of amides is 1. The van der Waals surface area contributed by atoms with Gasteiger partial charge < -0.3 is 19.5 Å². The highest BCUT2D eigenvalue weighted by Gasteiger charge is 2.09. The molecule has 0 radical (unpaired) electrons. The van der Waals surface area contributed by atoms with Crippen LogP contribution in [-0.2, 0) is 14.3 Å². The fourth-order valence-corrected chi connectivity index (χ4v) is 2.23. The van der Waals surface area contributed by atoms with Crippen LogP contribution in [0.25, 0.3) is 0 Å². The van der Waals surface area contributed by atoms with Crippen LogP contribution in [0.4, 0.5) is 5.69 Å². The molecule has 0 aliphatic carbocycles. The number of hydrogen-bond acceptors (Lipinski definition) is 6. The maximum absolute atomic E-state index is 12.0. The topological polar surface area (TPSA) is 90.9 Å². The third-order valence-corrected chi connectivity index (χ3v) is 3.78. The van der Waals surface area contributed by atoms with Crippen molar-refractivity contribution >= 4 is 23.5 Å². The highest BCUT2D eigenvalue weighted by molar-refractivity contribution is 5.93. The van der Waals surface area contributed by atoms with Crippen molar-refractivity contribution in [2.75, 3.05) is 25.6 Å². The van der Waals surface area contributed by atoms with Gasteiger partial charge >= 0.3 is 11.9 Å². The third kappa shape index (κ3) is 6.42. The third-order valence-electron chi connectivity index (χ3n) is 3.78. The lowest BCUT2D eigenvalue weighted by Crippen LogP contribution is -2.20. The van der Waals surface area contributed by atoms with Gasteiger partial charge in [-0.25, -0.2) is 9.59 Å². The van der Waals surface area contributed by atoms with Crippen LogP contribution in [-0.4, -0.2) is 38.2 Å². The van der Waals surface area contributed by atoms with E-state index in [1.165, 1.54) is 7.11 Å². The highest BCUT2D eigenvalue weighted by Crippen LogP contribution is 2.14. The molecular weight excluding hydrogens is 362 g/mol. The molecule has 7 nitrogen and oxygen atoms in total. The maximum atomic E-state index is 12.0. The maximum Gasteiger partial charge on any atom is 0.338 e. The number of carbonyl (C=O) groups excluding carboxylic acids is 3. The largest absolute Gasteiger partial charge is 0.484 e. The number of nitrogens with one attached hydrogen (secondary N) is 1. The molecule has 0 heterocycles. The van der Waals surface area contributed by atoms with Crippen LogP contribution < -0.4 is 10.1 Å². The Morgan fingerprint density at radius 1 is 0.893 bits per heavy atom. The zero-order valence-corrected chi connectivity index (χ0v) is 15.9. The number of carbonyl (C=O) groups is 3. The summed E-state index contributed by atoms with van der Waals surface area (Å²) < 4.78 is 15.2. The van der Waals surface area contributed by atoms with E-state index in [1.807, 2.05) is 6.92 Å². The molecule has 0 aliphatic heterocycles. The van der Waals surface area contributed by atoms with Crippen LogP contribution in [0, 0.1) is 0 Å². The predicted molar refractivity (Wildman–Crippen MR) is 104 cm³/mol. The molecule has 2 aromatic rings. The Morgan fingerprint density at radius 3 is 2.11 bits per heavy atom. The van der Waals surface area contributed by atoms with E-state index in [1.54, 1.807) is 48.5 Å². The van der Waals surface area contributed by atoms with Crippen molar-refractivity contribution < 1.29 is 28.6 Å². The fraction of sp³-hybridized carbons (Fsp3) is 0.286. The van der Waals surface area contributed by atoms with Gasteiger partial charge in [0.2, 0.25) is 0 Å². The van der Waals surface area contributed by atoms with Crippen LogP contribution in [0.2, 0.25) is 0 Å². The minimum Gasteiger partial charge on any atom is -0.484 e. The molecule has 0 saturated heterocycles. The quantitative estimate of drug-likeness (QED) is 0.525. The summed E-state index contributed by atoms with van der Waals surface area (Å²) in [6.07, 6.45) is 1.78. The number of methoxy groups -OCH3 is 1. The summed E-state index contributed by atoms with van der Waals surface area (Å²) in [5.41, 5.74) is 1.36. The van der Waals surface area contributed by atoms with Gasteiger partial charge in [-0.2, -0.15) is 0 Å². The summed E-state index contributed by atoms with van der Waals surface area (Å²) in [6, 6.07) is 12.7. The van der Waals surface area contributed by atoms with Gasteiger partial charge in [-0.15, -0.1) is 0 Å². The number of hydrogen-bond donors (Lipinski definition) is 1. The molecule has 0 fully saturated rings. The summed E-state index contributed by atoms with van der Waals surface area (Å²) in [4.78, 5) is 35.2.